The molecule has 2 aromatic heterocycles. The van der Waals surface area contributed by atoms with Gasteiger partial charge in [0.2, 0.25) is 11.9 Å². The van der Waals surface area contributed by atoms with Gasteiger partial charge >= 0.3 is 6.01 Å². The number of anilines is 3. The van der Waals surface area contributed by atoms with E-state index in [-0.39, 0.29) is 11.8 Å². The molecule has 0 spiro atoms. The SMILES string of the molecule is CCOc1nc(NCc2cccs2)nc(Nc2ccc(O)cc2)n1. The molecule has 1 aromatic carbocycles. The molecule has 124 valence electrons. The number of hydrogen-bond acceptors (Lipinski definition) is 8. The zero-order chi connectivity index (χ0) is 16.8. The Morgan fingerprint density at radius 2 is 1.88 bits per heavy atom. The molecule has 0 amide bonds. The highest BCUT2D eigenvalue weighted by molar-refractivity contribution is 7.09. The van der Waals surface area contributed by atoms with Gasteiger partial charge in [-0.1, -0.05) is 6.07 Å². The van der Waals surface area contributed by atoms with E-state index >= 15 is 0 Å². The molecule has 0 aliphatic heterocycles. The Morgan fingerprint density at radius 1 is 1.08 bits per heavy atom. The molecule has 0 saturated carbocycles. The molecule has 2 heterocycles. The number of aromatic hydroxyl groups is 1. The second kappa shape index (κ2) is 7.60. The summed E-state index contributed by atoms with van der Waals surface area (Å²) in [6.45, 7) is 2.97. The van der Waals surface area contributed by atoms with Crippen molar-refractivity contribution < 1.29 is 9.84 Å². The normalized spacial score (nSPS) is 10.4. The minimum Gasteiger partial charge on any atom is -0.508 e. The van der Waals surface area contributed by atoms with E-state index in [0.29, 0.717) is 25.0 Å². The smallest absolute Gasteiger partial charge is 0.323 e. The summed E-state index contributed by atoms with van der Waals surface area (Å²) < 4.78 is 5.40. The fourth-order valence-corrected chi connectivity index (χ4v) is 2.58. The summed E-state index contributed by atoms with van der Waals surface area (Å²) >= 11 is 1.66. The van der Waals surface area contributed by atoms with E-state index in [4.69, 9.17) is 4.74 Å². The van der Waals surface area contributed by atoms with Crippen LogP contribution >= 0.6 is 11.3 Å². The zero-order valence-corrected chi connectivity index (χ0v) is 13.9. The number of nitrogens with zero attached hydrogens (tertiary/aromatic N) is 3. The van der Waals surface area contributed by atoms with Gasteiger partial charge in [0.05, 0.1) is 13.2 Å². The van der Waals surface area contributed by atoms with E-state index in [2.05, 4.69) is 25.6 Å². The quantitative estimate of drug-likeness (QED) is 0.566. The lowest BCUT2D eigenvalue weighted by atomic mass is 10.3. The van der Waals surface area contributed by atoms with Crippen molar-refractivity contribution in [3.63, 3.8) is 0 Å². The van der Waals surface area contributed by atoms with Crippen LogP contribution in [0.3, 0.4) is 0 Å². The van der Waals surface area contributed by atoms with Gasteiger partial charge in [-0.05, 0) is 42.6 Å². The summed E-state index contributed by atoms with van der Waals surface area (Å²) in [5.74, 6) is 1.00. The molecule has 3 N–H and O–H groups in total. The Bertz CT molecular complexity index is 778. The van der Waals surface area contributed by atoms with Gasteiger partial charge in [-0.3, -0.25) is 0 Å². The number of nitrogens with one attached hydrogen (secondary N) is 2. The summed E-state index contributed by atoms with van der Waals surface area (Å²) in [7, 11) is 0. The Labute approximate surface area is 143 Å². The predicted molar refractivity (Wildman–Crippen MR) is 94.0 cm³/mol. The lowest BCUT2D eigenvalue weighted by Crippen LogP contribution is -2.09. The highest BCUT2D eigenvalue weighted by atomic mass is 32.1. The van der Waals surface area contributed by atoms with E-state index in [9.17, 15) is 5.11 Å². The number of phenols is 1. The molecule has 24 heavy (non-hydrogen) atoms. The van der Waals surface area contributed by atoms with Crippen LogP contribution in [0.1, 0.15) is 11.8 Å². The van der Waals surface area contributed by atoms with E-state index < -0.39 is 0 Å². The number of ether oxygens (including phenoxy) is 1. The number of aromatic nitrogens is 3. The third-order valence-corrected chi connectivity index (χ3v) is 3.89. The maximum atomic E-state index is 9.34. The van der Waals surface area contributed by atoms with E-state index in [0.717, 1.165) is 5.69 Å². The summed E-state index contributed by atoms with van der Waals surface area (Å²) in [4.78, 5) is 14.0. The van der Waals surface area contributed by atoms with Crippen LogP contribution in [0.15, 0.2) is 41.8 Å². The van der Waals surface area contributed by atoms with Gasteiger partial charge in [-0.15, -0.1) is 11.3 Å². The predicted octanol–water partition coefficient (Wildman–Crippen LogP) is 3.39. The Morgan fingerprint density at radius 3 is 2.58 bits per heavy atom. The van der Waals surface area contributed by atoms with Crippen molar-refractivity contribution in [2.75, 3.05) is 17.2 Å². The lowest BCUT2D eigenvalue weighted by Gasteiger charge is -2.10. The third kappa shape index (κ3) is 4.32. The average Bonchev–Trinajstić information content (AvgIpc) is 3.09. The van der Waals surface area contributed by atoms with Crippen LogP contribution in [0.25, 0.3) is 0 Å². The van der Waals surface area contributed by atoms with Crippen LogP contribution in [0.5, 0.6) is 11.8 Å². The first-order valence-corrected chi connectivity index (χ1v) is 8.32. The van der Waals surface area contributed by atoms with E-state index in [1.54, 1.807) is 35.6 Å². The zero-order valence-electron chi connectivity index (χ0n) is 13.1. The van der Waals surface area contributed by atoms with Crippen molar-refractivity contribution >= 4 is 28.9 Å². The second-order valence-electron chi connectivity index (χ2n) is 4.80. The van der Waals surface area contributed by atoms with Crippen LogP contribution in [0, 0.1) is 0 Å². The second-order valence-corrected chi connectivity index (χ2v) is 5.84. The van der Waals surface area contributed by atoms with Crippen molar-refractivity contribution in [3.8, 4) is 11.8 Å². The molecular formula is C16H17N5O2S. The van der Waals surface area contributed by atoms with E-state index in [1.165, 1.54) is 4.88 Å². The largest absolute Gasteiger partial charge is 0.508 e. The molecule has 7 nitrogen and oxygen atoms in total. The van der Waals surface area contributed by atoms with Crippen LogP contribution in [0.4, 0.5) is 17.6 Å². The summed E-state index contributed by atoms with van der Waals surface area (Å²) in [6, 6.07) is 10.9. The molecule has 3 rings (SSSR count). The Hall–Kier alpha value is -2.87. The lowest BCUT2D eigenvalue weighted by molar-refractivity contribution is 0.312. The van der Waals surface area contributed by atoms with Crippen LogP contribution in [-0.2, 0) is 6.54 Å². The highest BCUT2D eigenvalue weighted by Crippen LogP contribution is 2.19. The van der Waals surface area contributed by atoms with Crippen molar-refractivity contribution in [3.05, 3.63) is 46.7 Å². The molecule has 0 saturated heterocycles. The fraction of sp³-hybridized carbons (Fsp3) is 0.188. The monoisotopic (exact) mass is 343 g/mol. The van der Waals surface area contributed by atoms with Gasteiger partial charge in [0, 0.05) is 10.6 Å². The fourth-order valence-electron chi connectivity index (χ4n) is 1.94. The molecule has 0 bridgehead atoms. The minimum atomic E-state index is 0.199. The maximum absolute atomic E-state index is 9.34. The number of hydrogen-bond donors (Lipinski definition) is 3. The van der Waals surface area contributed by atoms with Gasteiger partial charge in [0.15, 0.2) is 0 Å². The maximum Gasteiger partial charge on any atom is 0.323 e. The van der Waals surface area contributed by atoms with Crippen LogP contribution in [0.2, 0.25) is 0 Å². The first-order chi connectivity index (χ1) is 11.7. The average molecular weight is 343 g/mol. The van der Waals surface area contributed by atoms with E-state index in [1.807, 2.05) is 24.4 Å². The molecule has 0 aliphatic carbocycles. The summed E-state index contributed by atoms with van der Waals surface area (Å²) in [5, 5.41) is 17.6. The first kappa shape index (κ1) is 16.0. The molecular weight excluding hydrogens is 326 g/mol. The highest BCUT2D eigenvalue weighted by Gasteiger charge is 2.08. The van der Waals surface area contributed by atoms with Crippen LogP contribution in [-0.4, -0.2) is 26.7 Å². The van der Waals surface area contributed by atoms with Crippen molar-refractivity contribution in [2.45, 2.75) is 13.5 Å². The van der Waals surface area contributed by atoms with Gasteiger partial charge < -0.3 is 20.5 Å². The molecule has 0 unspecified atom stereocenters. The number of rotatable bonds is 7. The number of phenolic OH excluding ortho intramolecular Hbond substituents is 1. The topological polar surface area (TPSA) is 92.2 Å². The summed E-state index contributed by atoms with van der Waals surface area (Å²) in [6.07, 6.45) is 0. The molecule has 0 atom stereocenters. The molecule has 0 radical (unpaired) electrons. The number of benzene rings is 1. The van der Waals surface area contributed by atoms with Crippen LogP contribution < -0.4 is 15.4 Å². The Balaban J connectivity index is 1.77. The molecule has 0 aliphatic rings. The number of thiophene rings is 1. The van der Waals surface area contributed by atoms with Gasteiger partial charge in [-0.25, -0.2) is 0 Å². The van der Waals surface area contributed by atoms with Gasteiger partial charge in [0.1, 0.15) is 5.75 Å². The van der Waals surface area contributed by atoms with Crippen molar-refractivity contribution in [1.29, 1.82) is 0 Å². The molecule has 3 aromatic rings. The van der Waals surface area contributed by atoms with Gasteiger partial charge in [0.25, 0.3) is 0 Å². The van der Waals surface area contributed by atoms with Crippen molar-refractivity contribution in [2.24, 2.45) is 0 Å². The van der Waals surface area contributed by atoms with Crippen molar-refractivity contribution in [1.82, 2.24) is 15.0 Å². The Kier molecular flexibility index (Phi) is 5.07. The third-order valence-electron chi connectivity index (χ3n) is 3.01. The summed E-state index contributed by atoms with van der Waals surface area (Å²) in [5.41, 5.74) is 0.755. The molecule has 0 fully saturated rings. The standard InChI is InChI=1S/C16H17N5O2S/c1-2-23-16-20-14(17-10-13-4-3-9-24-13)19-15(21-16)18-11-5-7-12(22)8-6-11/h3-9,22H,2,10H2,1H3,(H2,17,18,19,20,21). The first-order valence-electron chi connectivity index (χ1n) is 7.44. The van der Waals surface area contributed by atoms with Gasteiger partial charge in [-0.2, -0.15) is 15.0 Å². The molecule has 8 heteroatoms. The minimum absolute atomic E-state index is 0.199.